The molecule has 1 heterocycles. The van der Waals surface area contributed by atoms with Crippen molar-refractivity contribution in [2.45, 2.75) is 13.0 Å². The van der Waals surface area contributed by atoms with Crippen LogP contribution in [0.25, 0.3) is 0 Å². The highest BCUT2D eigenvalue weighted by Gasteiger charge is 2.22. The maximum absolute atomic E-state index is 5.37. The van der Waals surface area contributed by atoms with Gasteiger partial charge in [0.05, 0.1) is 26.4 Å². The van der Waals surface area contributed by atoms with Crippen LogP contribution in [0.3, 0.4) is 0 Å². The molecule has 1 rings (SSSR count). The Labute approximate surface area is 67.6 Å². The molecule has 1 aliphatic heterocycles. The molecular weight excluding hydrogens is 144 g/mol. The first-order valence-electron chi connectivity index (χ1n) is 4.01. The van der Waals surface area contributed by atoms with Crippen molar-refractivity contribution >= 4 is 0 Å². The predicted octanol–water partition coefficient (Wildman–Crippen LogP) is 0.684. The van der Waals surface area contributed by atoms with Crippen molar-refractivity contribution in [3.63, 3.8) is 0 Å². The molecule has 2 unspecified atom stereocenters. The summed E-state index contributed by atoms with van der Waals surface area (Å²) in [4.78, 5) is 0. The largest absolute Gasteiger partial charge is 0.384 e. The van der Waals surface area contributed by atoms with Crippen LogP contribution in [0.1, 0.15) is 6.92 Å². The van der Waals surface area contributed by atoms with E-state index in [-0.39, 0.29) is 0 Å². The molecule has 0 radical (unpaired) electrons. The SMILES string of the molecule is COCC(C)COCC1CO1. The van der Waals surface area contributed by atoms with Gasteiger partial charge in [0.15, 0.2) is 0 Å². The fourth-order valence-electron chi connectivity index (χ4n) is 0.898. The third-order valence-corrected chi connectivity index (χ3v) is 1.56. The van der Waals surface area contributed by atoms with Gasteiger partial charge >= 0.3 is 0 Å². The molecule has 0 aromatic carbocycles. The van der Waals surface area contributed by atoms with Crippen LogP contribution >= 0.6 is 0 Å². The molecule has 3 nitrogen and oxygen atoms in total. The molecule has 1 fully saturated rings. The van der Waals surface area contributed by atoms with Crippen molar-refractivity contribution in [2.24, 2.45) is 5.92 Å². The van der Waals surface area contributed by atoms with Crippen molar-refractivity contribution in [1.82, 2.24) is 0 Å². The molecule has 2 atom stereocenters. The zero-order chi connectivity index (χ0) is 8.10. The Hall–Kier alpha value is -0.120. The summed E-state index contributed by atoms with van der Waals surface area (Å²) >= 11 is 0. The van der Waals surface area contributed by atoms with E-state index in [9.17, 15) is 0 Å². The van der Waals surface area contributed by atoms with E-state index < -0.39 is 0 Å². The zero-order valence-electron chi connectivity index (χ0n) is 7.21. The molecule has 0 spiro atoms. The van der Waals surface area contributed by atoms with E-state index in [1.807, 2.05) is 0 Å². The van der Waals surface area contributed by atoms with Crippen LogP contribution in [0.15, 0.2) is 0 Å². The summed E-state index contributed by atoms with van der Waals surface area (Å²) in [5, 5.41) is 0. The average molecular weight is 160 g/mol. The summed E-state index contributed by atoms with van der Waals surface area (Å²) in [6.45, 7) is 5.27. The Kier molecular flexibility index (Phi) is 3.83. The molecule has 3 heteroatoms. The van der Waals surface area contributed by atoms with E-state index in [4.69, 9.17) is 14.2 Å². The van der Waals surface area contributed by atoms with Crippen LogP contribution in [0, 0.1) is 5.92 Å². The van der Waals surface area contributed by atoms with Crippen molar-refractivity contribution < 1.29 is 14.2 Å². The number of hydrogen-bond acceptors (Lipinski definition) is 3. The quantitative estimate of drug-likeness (QED) is 0.535. The lowest BCUT2D eigenvalue weighted by Crippen LogP contribution is -2.13. The smallest absolute Gasteiger partial charge is 0.104 e. The van der Waals surface area contributed by atoms with Gasteiger partial charge in [-0.25, -0.2) is 0 Å². The van der Waals surface area contributed by atoms with Crippen LogP contribution < -0.4 is 0 Å². The molecule has 0 bridgehead atoms. The van der Waals surface area contributed by atoms with Gasteiger partial charge in [0.2, 0.25) is 0 Å². The fourth-order valence-corrected chi connectivity index (χ4v) is 0.898. The highest BCUT2D eigenvalue weighted by Crippen LogP contribution is 2.09. The predicted molar refractivity (Wildman–Crippen MR) is 41.6 cm³/mol. The number of hydrogen-bond donors (Lipinski definition) is 0. The lowest BCUT2D eigenvalue weighted by Gasteiger charge is -2.09. The van der Waals surface area contributed by atoms with Crippen molar-refractivity contribution in [3.8, 4) is 0 Å². The van der Waals surface area contributed by atoms with E-state index >= 15 is 0 Å². The van der Waals surface area contributed by atoms with Gasteiger partial charge in [-0.05, 0) is 0 Å². The van der Waals surface area contributed by atoms with Crippen LogP contribution in [0.2, 0.25) is 0 Å². The summed E-state index contributed by atoms with van der Waals surface area (Å²) < 4.78 is 15.3. The first-order chi connectivity index (χ1) is 5.33. The summed E-state index contributed by atoms with van der Waals surface area (Å²) in [6.07, 6.45) is 0.379. The van der Waals surface area contributed by atoms with Crippen LogP contribution in [0.5, 0.6) is 0 Å². The minimum atomic E-state index is 0.379. The Bertz CT molecular complexity index is 102. The Morgan fingerprint density at radius 2 is 2.27 bits per heavy atom. The number of epoxide rings is 1. The van der Waals surface area contributed by atoms with Gasteiger partial charge < -0.3 is 14.2 Å². The van der Waals surface area contributed by atoms with E-state index in [1.54, 1.807) is 7.11 Å². The Balaban J connectivity index is 1.84. The molecule has 0 aromatic rings. The zero-order valence-corrected chi connectivity index (χ0v) is 7.21. The maximum atomic E-state index is 5.37. The Morgan fingerprint density at radius 3 is 2.82 bits per heavy atom. The number of ether oxygens (including phenoxy) is 3. The third-order valence-electron chi connectivity index (χ3n) is 1.56. The molecule has 1 aliphatic rings. The van der Waals surface area contributed by atoms with Gasteiger partial charge in [-0.15, -0.1) is 0 Å². The van der Waals surface area contributed by atoms with Crippen molar-refractivity contribution in [1.29, 1.82) is 0 Å². The Morgan fingerprint density at radius 1 is 1.55 bits per heavy atom. The summed E-state index contributed by atoms with van der Waals surface area (Å²) in [5.41, 5.74) is 0. The van der Waals surface area contributed by atoms with Crippen LogP contribution in [0.4, 0.5) is 0 Å². The highest BCUT2D eigenvalue weighted by molar-refractivity contribution is 4.67. The van der Waals surface area contributed by atoms with Gasteiger partial charge in [-0.3, -0.25) is 0 Å². The average Bonchev–Trinajstić information content (AvgIpc) is 2.72. The molecule has 0 N–H and O–H groups in total. The molecule has 11 heavy (non-hydrogen) atoms. The van der Waals surface area contributed by atoms with Crippen molar-refractivity contribution in [3.05, 3.63) is 0 Å². The third kappa shape index (κ3) is 4.35. The highest BCUT2D eigenvalue weighted by atomic mass is 16.6. The second-order valence-electron chi connectivity index (χ2n) is 3.05. The first kappa shape index (κ1) is 8.97. The van der Waals surface area contributed by atoms with Crippen LogP contribution in [-0.2, 0) is 14.2 Å². The monoisotopic (exact) mass is 160 g/mol. The summed E-state index contributed by atoms with van der Waals surface area (Å²) in [7, 11) is 1.71. The van der Waals surface area contributed by atoms with E-state index in [0.717, 1.165) is 26.4 Å². The standard InChI is InChI=1S/C8H16O3/c1-7(3-9-2)4-10-5-8-6-11-8/h7-8H,3-6H2,1-2H3. The molecule has 0 amide bonds. The topological polar surface area (TPSA) is 31.0 Å². The molecule has 0 saturated carbocycles. The summed E-state index contributed by atoms with van der Waals surface area (Å²) in [6, 6.07) is 0. The van der Waals surface area contributed by atoms with Gasteiger partial charge in [-0.2, -0.15) is 0 Å². The van der Waals surface area contributed by atoms with Crippen LogP contribution in [-0.4, -0.2) is 39.6 Å². The summed E-state index contributed by atoms with van der Waals surface area (Å²) in [5.74, 6) is 0.485. The first-order valence-corrected chi connectivity index (χ1v) is 4.01. The number of rotatable bonds is 6. The molecule has 0 aromatic heterocycles. The fraction of sp³-hybridized carbons (Fsp3) is 1.00. The van der Waals surface area contributed by atoms with Gasteiger partial charge in [0.25, 0.3) is 0 Å². The minimum absolute atomic E-state index is 0.379. The second kappa shape index (κ2) is 4.70. The molecule has 1 saturated heterocycles. The second-order valence-corrected chi connectivity index (χ2v) is 3.05. The van der Waals surface area contributed by atoms with E-state index in [2.05, 4.69) is 6.92 Å². The lowest BCUT2D eigenvalue weighted by molar-refractivity contribution is 0.0569. The van der Waals surface area contributed by atoms with Gasteiger partial charge in [-0.1, -0.05) is 6.92 Å². The van der Waals surface area contributed by atoms with Gasteiger partial charge in [0.1, 0.15) is 6.10 Å². The molecular formula is C8H16O3. The van der Waals surface area contributed by atoms with Crippen molar-refractivity contribution in [2.75, 3.05) is 33.5 Å². The van der Waals surface area contributed by atoms with Gasteiger partial charge in [0, 0.05) is 13.0 Å². The minimum Gasteiger partial charge on any atom is -0.384 e. The van der Waals surface area contributed by atoms with E-state index in [0.29, 0.717) is 12.0 Å². The van der Waals surface area contributed by atoms with E-state index in [1.165, 1.54) is 0 Å². The number of methoxy groups -OCH3 is 1. The maximum Gasteiger partial charge on any atom is 0.104 e. The normalized spacial score (nSPS) is 25.1. The molecule has 0 aliphatic carbocycles. The lowest BCUT2D eigenvalue weighted by atomic mass is 10.2. The molecule has 66 valence electrons.